The zero-order valence-corrected chi connectivity index (χ0v) is 18.7. The average molecular weight is 448 g/mol. The number of hydrogen-bond acceptors (Lipinski definition) is 5. The predicted octanol–water partition coefficient (Wildman–Crippen LogP) is 2.94. The van der Waals surface area contributed by atoms with Crippen LogP contribution in [-0.2, 0) is 17.9 Å². The molecule has 0 saturated carbocycles. The molecule has 172 valence electrons. The molecule has 0 saturated heterocycles. The van der Waals surface area contributed by atoms with Crippen LogP contribution in [0.3, 0.4) is 0 Å². The van der Waals surface area contributed by atoms with Gasteiger partial charge in [0.25, 0.3) is 11.8 Å². The monoisotopic (exact) mass is 447 g/mol. The van der Waals surface area contributed by atoms with Gasteiger partial charge in [-0.1, -0.05) is 66.2 Å². The minimum Gasteiger partial charge on any atom is -0.391 e. The normalized spacial score (nSPS) is 12.6. The predicted molar refractivity (Wildman–Crippen MR) is 126 cm³/mol. The Morgan fingerprint density at radius 2 is 1.48 bits per heavy atom. The number of nitrogens with one attached hydrogen (secondary N) is 3. The fourth-order valence-corrected chi connectivity index (χ4v) is 3.50. The van der Waals surface area contributed by atoms with Crippen molar-refractivity contribution in [2.75, 3.05) is 0 Å². The molecule has 5 N–H and O–H groups in total. The highest BCUT2D eigenvalue weighted by atomic mass is 16.5. The summed E-state index contributed by atoms with van der Waals surface area (Å²) in [7, 11) is 0. The van der Waals surface area contributed by atoms with Crippen molar-refractivity contribution in [3.63, 3.8) is 0 Å². The van der Waals surface area contributed by atoms with E-state index in [0.29, 0.717) is 5.56 Å². The van der Waals surface area contributed by atoms with Gasteiger partial charge >= 0.3 is 0 Å². The zero-order valence-electron chi connectivity index (χ0n) is 18.7. The largest absolute Gasteiger partial charge is 0.391 e. The molecule has 3 aromatic rings. The number of amides is 2. The number of aryl methyl sites for hydroxylation is 1. The molecular weight excluding hydrogens is 418 g/mol. The van der Waals surface area contributed by atoms with Gasteiger partial charge in [-0.25, -0.2) is 5.48 Å². The van der Waals surface area contributed by atoms with Crippen LogP contribution in [0.5, 0.6) is 0 Å². The van der Waals surface area contributed by atoms with Crippen molar-refractivity contribution in [3.05, 3.63) is 95.1 Å². The summed E-state index contributed by atoms with van der Waals surface area (Å²) in [6.45, 7) is 5.01. The van der Waals surface area contributed by atoms with Crippen LogP contribution in [0.1, 0.15) is 34.0 Å². The molecule has 2 atom stereocenters. The Morgan fingerprint density at radius 3 is 2.06 bits per heavy atom. The summed E-state index contributed by atoms with van der Waals surface area (Å²) >= 11 is 0. The second-order valence-corrected chi connectivity index (χ2v) is 8.03. The summed E-state index contributed by atoms with van der Waals surface area (Å²) in [4.78, 5) is 24.0. The second kappa shape index (κ2) is 11.4. The summed E-state index contributed by atoms with van der Waals surface area (Å²) in [6, 6.07) is 22.3. The number of hydrogen-bond donors (Lipinski definition) is 5. The Labute approximate surface area is 193 Å². The number of hydroxylamine groups is 1. The van der Waals surface area contributed by atoms with E-state index in [4.69, 9.17) is 5.21 Å². The first kappa shape index (κ1) is 24.1. The lowest BCUT2D eigenvalue weighted by Crippen LogP contribution is -2.51. The number of carbonyl (C=O) groups excluding carboxylic acids is 2. The highest BCUT2D eigenvalue weighted by molar-refractivity contribution is 5.97. The van der Waals surface area contributed by atoms with Crippen LogP contribution < -0.4 is 16.1 Å². The molecule has 0 bridgehead atoms. The van der Waals surface area contributed by atoms with Gasteiger partial charge < -0.3 is 15.7 Å². The first-order valence-corrected chi connectivity index (χ1v) is 10.8. The molecule has 3 aromatic carbocycles. The first-order chi connectivity index (χ1) is 15.9. The maximum Gasteiger partial charge on any atom is 0.268 e. The van der Waals surface area contributed by atoms with E-state index < -0.39 is 24.0 Å². The molecule has 0 fully saturated rings. The molecule has 0 aliphatic rings. The van der Waals surface area contributed by atoms with E-state index in [1.807, 2.05) is 24.3 Å². The Morgan fingerprint density at radius 1 is 0.879 bits per heavy atom. The number of rotatable bonds is 9. The van der Waals surface area contributed by atoms with E-state index in [9.17, 15) is 14.7 Å². The Balaban J connectivity index is 1.57. The van der Waals surface area contributed by atoms with Gasteiger partial charge in [-0.05, 0) is 48.2 Å². The minimum absolute atomic E-state index is 0.340. The van der Waals surface area contributed by atoms with Crippen molar-refractivity contribution >= 4 is 11.8 Å². The quantitative estimate of drug-likeness (QED) is 0.256. The molecule has 0 spiro atoms. The Hall–Kier alpha value is -3.52. The standard InChI is InChI=1S/C26H29N3O4/c1-17-4-3-5-20(14-17)16-27-15-19-6-8-21(9-7-19)22-10-12-23(13-11-22)25(31)28-24(18(2)30)26(32)29-33/h3-14,18,24,27,30,33H,15-16H2,1-2H3,(H,28,31)(H,29,32)/t18-,24+/m1/s1. The van der Waals surface area contributed by atoms with Crippen molar-refractivity contribution in [1.82, 2.24) is 16.1 Å². The van der Waals surface area contributed by atoms with Gasteiger partial charge in [0.2, 0.25) is 0 Å². The third kappa shape index (κ3) is 6.73. The molecule has 0 unspecified atom stereocenters. The zero-order chi connectivity index (χ0) is 23.8. The van der Waals surface area contributed by atoms with Gasteiger partial charge in [-0.15, -0.1) is 0 Å². The van der Waals surface area contributed by atoms with Crippen molar-refractivity contribution < 1.29 is 19.9 Å². The minimum atomic E-state index is -1.26. The van der Waals surface area contributed by atoms with Crippen molar-refractivity contribution in [1.29, 1.82) is 0 Å². The van der Waals surface area contributed by atoms with E-state index in [0.717, 1.165) is 24.2 Å². The molecule has 0 aromatic heterocycles. The van der Waals surface area contributed by atoms with E-state index in [1.165, 1.54) is 29.1 Å². The molecule has 33 heavy (non-hydrogen) atoms. The summed E-state index contributed by atoms with van der Waals surface area (Å²) < 4.78 is 0. The summed E-state index contributed by atoms with van der Waals surface area (Å²) in [5, 5.41) is 24.3. The van der Waals surface area contributed by atoms with Crippen LogP contribution in [0, 0.1) is 6.92 Å². The Bertz CT molecular complexity index is 1080. The smallest absolute Gasteiger partial charge is 0.268 e. The fraction of sp³-hybridized carbons (Fsp3) is 0.231. The van der Waals surface area contributed by atoms with Crippen molar-refractivity contribution in [3.8, 4) is 11.1 Å². The number of aliphatic hydroxyl groups excluding tert-OH is 1. The van der Waals surface area contributed by atoms with Crippen LogP contribution >= 0.6 is 0 Å². The number of benzene rings is 3. The third-order valence-corrected chi connectivity index (χ3v) is 5.34. The SMILES string of the molecule is Cc1cccc(CNCc2ccc(-c3ccc(C(=O)N[C@H](C(=O)NO)[C@@H](C)O)cc3)cc2)c1. The number of aliphatic hydroxyl groups is 1. The van der Waals surface area contributed by atoms with Gasteiger partial charge in [0, 0.05) is 18.7 Å². The maximum absolute atomic E-state index is 12.4. The molecule has 0 aliphatic carbocycles. The molecule has 7 heteroatoms. The number of carbonyl (C=O) groups is 2. The van der Waals surface area contributed by atoms with Crippen LogP contribution in [-0.4, -0.2) is 34.3 Å². The molecule has 7 nitrogen and oxygen atoms in total. The van der Waals surface area contributed by atoms with E-state index in [2.05, 4.69) is 54.0 Å². The first-order valence-electron chi connectivity index (χ1n) is 10.8. The summed E-state index contributed by atoms with van der Waals surface area (Å²) in [5.41, 5.74) is 7.43. The van der Waals surface area contributed by atoms with Crippen molar-refractivity contribution in [2.45, 2.75) is 39.1 Å². The van der Waals surface area contributed by atoms with Gasteiger partial charge in [0.05, 0.1) is 6.10 Å². The van der Waals surface area contributed by atoms with Gasteiger partial charge in [-0.2, -0.15) is 0 Å². The van der Waals surface area contributed by atoms with E-state index >= 15 is 0 Å². The molecule has 0 heterocycles. The van der Waals surface area contributed by atoms with Gasteiger partial charge in [-0.3, -0.25) is 14.8 Å². The van der Waals surface area contributed by atoms with Crippen LogP contribution in [0.4, 0.5) is 0 Å². The lowest BCUT2D eigenvalue weighted by atomic mass is 10.0. The Kier molecular flexibility index (Phi) is 8.32. The highest BCUT2D eigenvalue weighted by Gasteiger charge is 2.25. The van der Waals surface area contributed by atoms with Crippen LogP contribution in [0.25, 0.3) is 11.1 Å². The second-order valence-electron chi connectivity index (χ2n) is 8.03. The van der Waals surface area contributed by atoms with Gasteiger partial charge in [0.15, 0.2) is 0 Å². The topological polar surface area (TPSA) is 111 Å². The molecule has 3 rings (SSSR count). The van der Waals surface area contributed by atoms with E-state index in [1.54, 1.807) is 12.1 Å². The van der Waals surface area contributed by atoms with Crippen LogP contribution in [0.2, 0.25) is 0 Å². The van der Waals surface area contributed by atoms with E-state index in [-0.39, 0.29) is 0 Å². The lowest BCUT2D eigenvalue weighted by molar-refractivity contribution is -0.133. The summed E-state index contributed by atoms with van der Waals surface area (Å²) in [6.07, 6.45) is -1.16. The molecular formula is C26H29N3O4. The fourth-order valence-electron chi connectivity index (χ4n) is 3.50. The van der Waals surface area contributed by atoms with Gasteiger partial charge in [0.1, 0.15) is 6.04 Å². The summed E-state index contributed by atoms with van der Waals surface area (Å²) in [5.74, 6) is -1.41. The lowest BCUT2D eigenvalue weighted by Gasteiger charge is -2.19. The van der Waals surface area contributed by atoms with Crippen LogP contribution in [0.15, 0.2) is 72.8 Å². The molecule has 0 radical (unpaired) electrons. The average Bonchev–Trinajstić information content (AvgIpc) is 2.82. The molecule has 0 aliphatic heterocycles. The molecule has 2 amide bonds. The third-order valence-electron chi connectivity index (χ3n) is 5.34. The maximum atomic E-state index is 12.4. The van der Waals surface area contributed by atoms with Crippen molar-refractivity contribution in [2.24, 2.45) is 0 Å². The highest BCUT2D eigenvalue weighted by Crippen LogP contribution is 2.20.